The SMILES string of the molecule is CN1CCC2(CNCC2C(=O)O)C1. The first kappa shape index (κ1) is 8.97. The molecular formula is C9H16N2O2. The van der Waals surface area contributed by atoms with Crippen molar-refractivity contribution in [3.05, 3.63) is 0 Å². The fraction of sp³-hybridized carbons (Fsp3) is 0.889. The lowest BCUT2D eigenvalue weighted by Gasteiger charge is -2.26. The fourth-order valence-electron chi connectivity index (χ4n) is 2.69. The second-order valence-corrected chi connectivity index (χ2v) is 4.37. The topological polar surface area (TPSA) is 52.6 Å². The molecule has 2 N–H and O–H groups in total. The second kappa shape index (κ2) is 2.96. The van der Waals surface area contributed by atoms with Crippen LogP contribution in [0.25, 0.3) is 0 Å². The highest BCUT2D eigenvalue weighted by Gasteiger charge is 2.49. The van der Waals surface area contributed by atoms with Gasteiger partial charge in [0.1, 0.15) is 0 Å². The Hall–Kier alpha value is -0.610. The first-order valence-electron chi connectivity index (χ1n) is 4.76. The molecule has 0 amide bonds. The van der Waals surface area contributed by atoms with Crippen molar-refractivity contribution in [2.75, 3.05) is 33.2 Å². The number of nitrogens with one attached hydrogen (secondary N) is 1. The molecule has 2 saturated heterocycles. The first-order valence-corrected chi connectivity index (χ1v) is 4.76. The lowest BCUT2D eigenvalue weighted by atomic mass is 9.77. The standard InChI is InChI=1S/C9H16N2O2/c1-11-3-2-9(6-11)5-10-4-7(9)8(12)13/h7,10H,2-6H2,1H3,(H,12,13). The summed E-state index contributed by atoms with van der Waals surface area (Å²) in [7, 11) is 2.06. The zero-order valence-electron chi connectivity index (χ0n) is 7.92. The average molecular weight is 184 g/mol. The van der Waals surface area contributed by atoms with Gasteiger partial charge in [0.25, 0.3) is 0 Å². The molecular weight excluding hydrogens is 168 g/mol. The van der Waals surface area contributed by atoms with Crippen LogP contribution in [0.4, 0.5) is 0 Å². The van der Waals surface area contributed by atoms with Gasteiger partial charge in [-0.15, -0.1) is 0 Å². The molecule has 2 unspecified atom stereocenters. The number of carboxylic acid groups (broad SMARTS) is 1. The van der Waals surface area contributed by atoms with E-state index in [1.165, 1.54) is 0 Å². The summed E-state index contributed by atoms with van der Waals surface area (Å²) in [6, 6.07) is 0. The van der Waals surface area contributed by atoms with Crippen molar-refractivity contribution in [3.63, 3.8) is 0 Å². The Balaban J connectivity index is 2.16. The van der Waals surface area contributed by atoms with Crippen LogP contribution in [0.1, 0.15) is 6.42 Å². The highest BCUT2D eigenvalue weighted by atomic mass is 16.4. The van der Waals surface area contributed by atoms with E-state index in [2.05, 4.69) is 17.3 Å². The average Bonchev–Trinajstić information content (AvgIpc) is 2.60. The maximum absolute atomic E-state index is 11.0. The maximum Gasteiger partial charge on any atom is 0.308 e. The molecule has 13 heavy (non-hydrogen) atoms. The van der Waals surface area contributed by atoms with Crippen molar-refractivity contribution >= 4 is 5.97 Å². The van der Waals surface area contributed by atoms with Gasteiger partial charge in [-0.2, -0.15) is 0 Å². The molecule has 0 bridgehead atoms. The molecule has 0 aromatic heterocycles. The van der Waals surface area contributed by atoms with Gasteiger partial charge in [0.2, 0.25) is 0 Å². The van der Waals surface area contributed by atoms with E-state index >= 15 is 0 Å². The molecule has 74 valence electrons. The fourth-order valence-corrected chi connectivity index (χ4v) is 2.69. The largest absolute Gasteiger partial charge is 0.481 e. The predicted octanol–water partition coefficient (Wildman–Crippen LogP) is -0.388. The third-order valence-electron chi connectivity index (χ3n) is 3.44. The summed E-state index contributed by atoms with van der Waals surface area (Å²) in [6.45, 7) is 3.47. The van der Waals surface area contributed by atoms with E-state index in [-0.39, 0.29) is 11.3 Å². The second-order valence-electron chi connectivity index (χ2n) is 4.37. The molecule has 0 saturated carbocycles. The van der Waals surface area contributed by atoms with E-state index in [1.54, 1.807) is 0 Å². The zero-order valence-corrected chi connectivity index (χ0v) is 7.92. The summed E-state index contributed by atoms with van der Waals surface area (Å²) in [5, 5.41) is 12.3. The number of nitrogens with zero attached hydrogens (tertiary/aromatic N) is 1. The Morgan fingerprint density at radius 1 is 1.69 bits per heavy atom. The Labute approximate surface area is 77.9 Å². The molecule has 4 nitrogen and oxygen atoms in total. The van der Waals surface area contributed by atoms with E-state index in [0.717, 1.165) is 26.1 Å². The van der Waals surface area contributed by atoms with Gasteiger partial charge in [-0.3, -0.25) is 4.79 Å². The number of aliphatic carboxylic acids is 1. The molecule has 0 aromatic rings. The number of likely N-dealkylation sites (tertiary alicyclic amines) is 1. The van der Waals surface area contributed by atoms with Crippen LogP contribution in [0.2, 0.25) is 0 Å². The zero-order chi connectivity index (χ0) is 9.47. The van der Waals surface area contributed by atoms with Gasteiger partial charge in [0.15, 0.2) is 0 Å². The third-order valence-corrected chi connectivity index (χ3v) is 3.44. The van der Waals surface area contributed by atoms with Crippen molar-refractivity contribution in [3.8, 4) is 0 Å². The van der Waals surface area contributed by atoms with Gasteiger partial charge < -0.3 is 15.3 Å². The van der Waals surface area contributed by atoms with Crippen LogP contribution in [0.5, 0.6) is 0 Å². The van der Waals surface area contributed by atoms with Crippen LogP contribution < -0.4 is 5.32 Å². The highest BCUT2D eigenvalue weighted by Crippen LogP contribution is 2.39. The van der Waals surface area contributed by atoms with Crippen LogP contribution >= 0.6 is 0 Å². The van der Waals surface area contributed by atoms with Crippen LogP contribution in [-0.2, 0) is 4.79 Å². The van der Waals surface area contributed by atoms with Crippen LogP contribution in [0, 0.1) is 11.3 Å². The van der Waals surface area contributed by atoms with Crippen molar-refractivity contribution in [2.24, 2.45) is 11.3 Å². The summed E-state index contributed by atoms with van der Waals surface area (Å²) in [5.41, 5.74) is 0.0145. The summed E-state index contributed by atoms with van der Waals surface area (Å²) in [6.07, 6.45) is 1.02. The minimum atomic E-state index is -0.639. The van der Waals surface area contributed by atoms with Crippen LogP contribution in [-0.4, -0.2) is 49.2 Å². The normalized spacial score (nSPS) is 40.2. The molecule has 0 aliphatic carbocycles. The number of hydrogen-bond donors (Lipinski definition) is 2. The minimum Gasteiger partial charge on any atom is -0.481 e. The van der Waals surface area contributed by atoms with Gasteiger partial charge in [-0.05, 0) is 20.0 Å². The first-order chi connectivity index (χ1) is 6.14. The monoisotopic (exact) mass is 184 g/mol. The molecule has 2 aliphatic rings. The van der Waals surface area contributed by atoms with Crippen LogP contribution in [0.3, 0.4) is 0 Å². The quantitative estimate of drug-likeness (QED) is 0.583. The molecule has 2 rings (SSSR count). The minimum absolute atomic E-state index is 0.0145. The maximum atomic E-state index is 11.0. The Kier molecular flexibility index (Phi) is 2.04. The number of carbonyl (C=O) groups is 1. The number of hydrogen-bond acceptors (Lipinski definition) is 3. The molecule has 0 aromatic carbocycles. The van der Waals surface area contributed by atoms with E-state index in [1.807, 2.05) is 0 Å². The number of rotatable bonds is 1. The van der Waals surface area contributed by atoms with Gasteiger partial charge in [-0.25, -0.2) is 0 Å². The van der Waals surface area contributed by atoms with Crippen molar-refractivity contribution in [2.45, 2.75) is 6.42 Å². The Morgan fingerprint density at radius 3 is 3.00 bits per heavy atom. The van der Waals surface area contributed by atoms with Crippen LogP contribution in [0.15, 0.2) is 0 Å². The number of carboxylic acids is 1. The highest BCUT2D eigenvalue weighted by molar-refractivity contribution is 5.72. The van der Waals surface area contributed by atoms with Gasteiger partial charge >= 0.3 is 5.97 Å². The molecule has 2 atom stereocenters. The molecule has 2 fully saturated rings. The summed E-state index contributed by atoms with van der Waals surface area (Å²) >= 11 is 0. The Bertz CT molecular complexity index is 232. The van der Waals surface area contributed by atoms with Crippen molar-refractivity contribution < 1.29 is 9.90 Å². The predicted molar refractivity (Wildman–Crippen MR) is 48.5 cm³/mol. The molecule has 2 aliphatic heterocycles. The smallest absolute Gasteiger partial charge is 0.308 e. The lowest BCUT2D eigenvalue weighted by Crippen LogP contribution is -2.37. The lowest BCUT2D eigenvalue weighted by molar-refractivity contribution is -0.144. The summed E-state index contributed by atoms with van der Waals surface area (Å²) in [4.78, 5) is 13.2. The molecule has 2 heterocycles. The van der Waals surface area contributed by atoms with E-state index < -0.39 is 5.97 Å². The van der Waals surface area contributed by atoms with Gasteiger partial charge in [-0.1, -0.05) is 0 Å². The van der Waals surface area contributed by atoms with E-state index in [4.69, 9.17) is 5.11 Å². The van der Waals surface area contributed by atoms with Gasteiger partial charge in [0.05, 0.1) is 5.92 Å². The Morgan fingerprint density at radius 2 is 2.46 bits per heavy atom. The third kappa shape index (κ3) is 1.34. The summed E-state index contributed by atoms with van der Waals surface area (Å²) in [5.74, 6) is -0.822. The molecule has 1 spiro atoms. The van der Waals surface area contributed by atoms with Gasteiger partial charge in [0, 0.05) is 25.0 Å². The van der Waals surface area contributed by atoms with E-state index in [0.29, 0.717) is 6.54 Å². The molecule has 0 radical (unpaired) electrons. The van der Waals surface area contributed by atoms with Crippen molar-refractivity contribution in [1.29, 1.82) is 0 Å². The van der Waals surface area contributed by atoms with Crippen molar-refractivity contribution in [1.82, 2.24) is 10.2 Å². The molecule has 4 heteroatoms. The summed E-state index contributed by atoms with van der Waals surface area (Å²) < 4.78 is 0. The van der Waals surface area contributed by atoms with E-state index in [9.17, 15) is 4.79 Å².